The molecule has 0 unspecified atom stereocenters. The standard InChI is InChI=1S/C21H26N2O3.ClH/c1-25-19-11-10-17(21(24)26-2)14-18(19)13-16-9-6-12-23(22)20(16)15-7-4-3-5-8-15;/h3-5,7-8,10-11,14,16,20H,6,9,12-13,22H2,1-2H3;1H/t16-,20+;/m0./s1. The summed E-state index contributed by atoms with van der Waals surface area (Å²) in [5.74, 6) is 7.15. The lowest BCUT2D eigenvalue weighted by molar-refractivity contribution is 0.0600. The Morgan fingerprint density at radius 1 is 1.19 bits per heavy atom. The number of nitrogens with two attached hydrogens (primary N) is 1. The van der Waals surface area contributed by atoms with Crippen molar-refractivity contribution in [2.75, 3.05) is 20.8 Å². The molecule has 2 aromatic carbocycles. The number of halogens is 1. The van der Waals surface area contributed by atoms with Gasteiger partial charge in [-0.15, -0.1) is 12.4 Å². The van der Waals surface area contributed by atoms with Gasteiger partial charge in [0.05, 0.1) is 25.8 Å². The smallest absolute Gasteiger partial charge is 0.337 e. The van der Waals surface area contributed by atoms with E-state index in [2.05, 4.69) is 12.1 Å². The number of piperidine rings is 1. The van der Waals surface area contributed by atoms with Crippen LogP contribution in [0.15, 0.2) is 48.5 Å². The molecule has 6 heteroatoms. The van der Waals surface area contributed by atoms with E-state index >= 15 is 0 Å². The molecule has 0 bridgehead atoms. The number of hydrazine groups is 1. The molecule has 1 fully saturated rings. The Morgan fingerprint density at radius 2 is 1.93 bits per heavy atom. The topological polar surface area (TPSA) is 64.8 Å². The molecule has 0 amide bonds. The second kappa shape index (κ2) is 9.74. The van der Waals surface area contributed by atoms with E-state index in [4.69, 9.17) is 15.3 Å². The second-order valence-electron chi connectivity index (χ2n) is 6.72. The molecule has 27 heavy (non-hydrogen) atoms. The Kier molecular flexibility index (Phi) is 7.66. The van der Waals surface area contributed by atoms with Gasteiger partial charge in [-0.05, 0) is 54.5 Å². The van der Waals surface area contributed by atoms with Crippen molar-refractivity contribution in [2.24, 2.45) is 11.8 Å². The van der Waals surface area contributed by atoms with Crippen molar-refractivity contribution in [1.29, 1.82) is 0 Å². The Bertz CT molecular complexity index is 754. The van der Waals surface area contributed by atoms with Crippen LogP contribution in [0.4, 0.5) is 0 Å². The zero-order valence-corrected chi connectivity index (χ0v) is 16.6. The lowest BCUT2D eigenvalue weighted by Crippen LogP contribution is -2.44. The minimum Gasteiger partial charge on any atom is -0.496 e. The van der Waals surface area contributed by atoms with Crippen molar-refractivity contribution < 1.29 is 14.3 Å². The highest BCUT2D eigenvalue weighted by molar-refractivity contribution is 5.89. The van der Waals surface area contributed by atoms with Gasteiger partial charge in [0.15, 0.2) is 0 Å². The molecule has 3 rings (SSSR count). The van der Waals surface area contributed by atoms with Crippen molar-refractivity contribution in [1.82, 2.24) is 5.01 Å². The third kappa shape index (κ3) is 4.80. The minimum absolute atomic E-state index is 0. The predicted octanol–water partition coefficient (Wildman–Crippen LogP) is 3.77. The lowest BCUT2D eigenvalue weighted by atomic mass is 9.81. The normalized spacial score (nSPS) is 19.8. The van der Waals surface area contributed by atoms with Crippen molar-refractivity contribution in [3.63, 3.8) is 0 Å². The Hall–Kier alpha value is -2.08. The fraction of sp³-hybridized carbons (Fsp3) is 0.381. The van der Waals surface area contributed by atoms with E-state index in [0.717, 1.165) is 37.1 Å². The molecule has 1 saturated heterocycles. The fourth-order valence-corrected chi connectivity index (χ4v) is 3.90. The van der Waals surface area contributed by atoms with Crippen LogP contribution in [-0.4, -0.2) is 31.7 Å². The molecule has 146 valence electrons. The van der Waals surface area contributed by atoms with Crippen LogP contribution >= 0.6 is 12.4 Å². The van der Waals surface area contributed by atoms with Gasteiger partial charge in [0, 0.05) is 6.54 Å². The van der Waals surface area contributed by atoms with E-state index in [1.807, 2.05) is 35.3 Å². The summed E-state index contributed by atoms with van der Waals surface area (Å²) < 4.78 is 10.4. The van der Waals surface area contributed by atoms with E-state index < -0.39 is 0 Å². The highest BCUT2D eigenvalue weighted by atomic mass is 35.5. The summed E-state index contributed by atoms with van der Waals surface area (Å²) in [4.78, 5) is 11.9. The maximum atomic E-state index is 11.9. The van der Waals surface area contributed by atoms with Gasteiger partial charge >= 0.3 is 5.97 Å². The van der Waals surface area contributed by atoms with Gasteiger partial charge < -0.3 is 9.47 Å². The van der Waals surface area contributed by atoms with Gasteiger partial charge in [0.2, 0.25) is 0 Å². The first kappa shape index (κ1) is 21.2. The quantitative estimate of drug-likeness (QED) is 0.621. The number of hydrogen-bond acceptors (Lipinski definition) is 5. The van der Waals surface area contributed by atoms with Gasteiger partial charge in [-0.25, -0.2) is 9.80 Å². The third-order valence-corrected chi connectivity index (χ3v) is 5.12. The number of benzene rings is 2. The molecular weight excluding hydrogens is 364 g/mol. The SMILES string of the molecule is COC(=O)c1ccc(OC)c(C[C@@H]2CCCN(N)[C@@H]2c2ccccc2)c1.Cl. The molecule has 0 aromatic heterocycles. The number of carbonyl (C=O) groups is 1. The third-order valence-electron chi connectivity index (χ3n) is 5.12. The van der Waals surface area contributed by atoms with E-state index in [1.165, 1.54) is 12.7 Å². The summed E-state index contributed by atoms with van der Waals surface area (Å²) >= 11 is 0. The molecule has 0 radical (unpaired) electrons. The highest BCUT2D eigenvalue weighted by Gasteiger charge is 2.31. The second-order valence-corrected chi connectivity index (χ2v) is 6.72. The first-order valence-electron chi connectivity index (χ1n) is 8.95. The van der Waals surface area contributed by atoms with Crippen molar-refractivity contribution in [3.05, 3.63) is 65.2 Å². The highest BCUT2D eigenvalue weighted by Crippen LogP contribution is 2.37. The number of nitrogens with zero attached hydrogens (tertiary/aromatic N) is 1. The van der Waals surface area contributed by atoms with Gasteiger partial charge in [0.1, 0.15) is 5.75 Å². The molecule has 5 nitrogen and oxygen atoms in total. The summed E-state index contributed by atoms with van der Waals surface area (Å²) in [6, 6.07) is 16.0. The summed E-state index contributed by atoms with van der Waals surface area (Å²) in [6.45, 7) is 0.884. The maximum Gasteiger partial charge on any atom is 0.337 e. The Balaban J connectivity index is 0.00000261. The number of methoxy groups -OCH3 is 2. The molecule has 2 aromatic rings. The van der Waals surface area contributed by atoms with E-state index in [-0.39, 0.29) is 24.4 Å². The van der Waals surface area contributed by atoms with Crippen LogP contribution in [0.1, 0.15) is 40.4 Å². The van der Waals surface area contributed by atoms with Crippen molar-refractivity contribution in [3.8, 4) is 5.75 Å². The summed E-state index contributed by atoms with van der Waals surface area (Å²) in [5, 5.41) is 1.94. The van der Waals surface area contributed by atoms with Crippen LogP contribution in [0.3, 0.4) is 0 Å². The van der Waals surface area contributed by atoms with Crippen molar-refractivity contribution >= 4 is 18.4 Å². The minimum atomic E-state index is -0.336. The Morgan fingerprint density at radius 3 is 2.59 bits per heavy atom. The Labute approximate surface area is 166 Å². The lowest BCUT2D eigenvalue weighted by Gasteiger charge is -2.39. The molecule has 2 atom stereocenters. The molecule has 0 aliphatic carbocycles. The van der Waals surface area contributed by atoms with Crippen LogP contribution in [-0.2, 0) is 11.2 Å². The number of hydrogen-bond donors (Lipinski definition) is 1. The summed E-state index contributed by atoms with van der Waals surface area (Å²) in [6.07, 6.45) is 2.93. The molecular formula is C21H27ClN2O3. The van der Waals surface area contributed by atoms with Gasteiger partial charge in [-0.2, -0.15) is 0 Å². The van der Waals surface area contributed by atoms with Crippen LogP contribution in [0.2, 0.25) is 0 Å². The summed E-state index contributed by atoms with van der Waals surface area (Å²) in [7, 11) is 3.05. The van der Waals surface area contributed by atoms with E-state index in [1.54, 1.807) is 13.2 Å². The molecule has 1 heterocycles. The zero-order chi connectivity index (χ0) is 18.5. The number of esters is 1. The average Bonchev–Trinajstić information content (AvgIpc) is 2.68. The number of ether oxygens (including phenoxy) is 2. The zero-order valence-electron chi connectivity index (χ0n) is 15.8. The monoisotopic (exact) mass is 390 g/mol. The molecule has 1 aliphatic rings. The predicted molar refractivity (Wildman–Crippen MR) is 108 cm³/mol. The average molecular weight is 391 g/mol. The van der Waals surface area contributed by atoms with Crippen LogP contribution in [0.25, 0.3) is 0 Å². The first-order chi connectivity index (χ1) is 12.6. The largest absolute Gasteiger partial charge is 0.496 e. The van der Waals surface area contributed by atoms with Crippen LogP contribution in [0, 0.1) is 5.92 Å². The van der Waals surface area contributed by atoms with Crippen molar-refractivity contribution in [2.45, 2.75) is 25.3 Å². The van der Waals surface area contributed by atoms with E-state index in [9.17, 15) is 4.79 Å². The van der Waals surface area contributed by atoms with Gasteiger partial charge in [-0.3, -0.25) is 5.84 Å². The first-order valence-corrected chi connectivity index (χ1v) is 8.95. The van der Waals surface area contributed by atoms with Crippen LogP contribution < -0.4 is 10.6 Å². The van der Waals surface area contributed by atoms with Gasteiger partial charge in [-0.1, -0.05) is 30.3 Å². The van der Waals surface area contributed by atoms with E-state index in [0.29, 0.717) is 11.5 Å². The number of carbonyl (C=O) groups excluding carboxylic acids is 1. The number of rotatable bonds is 5. The maximum absolute atomic E-state index is 11.9. The van der Waals surface area contributed by atoms with Gasteiger partial charge in [0.25, 0.3) is 0 Å². The fourth-order valence-electron chi connectivity index (χ4n) is 3.90. The molecule has 0 saturated carbocycles. The molecule has 1 aliphatic heterocycles. The van der Waals surface area contributed by atoms with Crippen LogP contribution in [0.5, 0.6) is 5.75 Å². The molecule has 0 spiro atoms. The molecule has 2 N–H and O–H groups in total. The summed E-state index contributed by atoms with van der Waals surface area (Å²) in [5.41, 5.74) is 2.78.